The minimum atomic E-state index is -1.17. The first-order chi connectivity index (χ1) is 6.81. The molecule has 96 valence electrons. The molecule has 2 radical (unpaired) electrons. The Morgan fingerprint density at radius 1 is 0.688 bits per heavy atom. The van der Waals surface area contributed by atoms with Crippen molar-refractivity contribution in [1.82, 2.24) is 0 Å². The van der Waals surface area contributed by atoms with Gasteiger partial charge in [0.05, 0.1) is 0 Å². The van der Waals surface area contributed by atoms with Crippen LogP contribution < -0.4 is 0 Å². The van der Waals surface area contributed by atoms with Crippen molar-refractivity contribution in [2.24, 2.45) is 0 Å². The Balaban J connectivity index is 5.82. The van der Waals surface area contributed by atoms with E-state index in [1.165, 1.54) is 0 Å². The van der Waals surface area contributed by atoms with Crippen molar-refractivity contribution in [3.8, 4) is 0 Å². The Morgan fingerprint density at radius 3 is 1.00 bits per heavy atom. The van der Waals surface area contributed by atoms with Crippen LogP contribution in [0.2, 0.25) is 62.0 Å². The van der Waals surface area contributed by atoms with Gasteiger partial charge in [-0.3, -0.25) is 0 Å². The molecule has 0 amide bonds. The summed E-state index contributed by atoms with van der Waals surface area (Å²) in [6, 6.07) is 0. The molecule has 0 aromatic carbocycles. The van der Waals surface area contributed by atoms with E-state index in [9.17, 15) is 0 Å². The first kappa shape index (κ1) is 17.2. The molecule has 0 spiro atoms. The second-order valence-electron chi connectivity index (χ2n) is 7.81. The van der Waals surface area contributed by atoms with Gasteiger partial charge in [0.25, 0.3) is 0 Å². The average molecular weight is 335 g/mol. The van der Waals surface area contributed by atoms with E-state index in [2.05, 4.69) is 58.9 Å². The van der Waals surface area contributed by atoms with Crippen LogP contribution in [0.25, 0.3) is 0 Å². The van der Waals surface area contributed by atoms with Crippen LogP contribution in [-0.2, 0) is 3.76 Å². The van der Waals surface area contributed by atoms with Crippen molar-refractivity contribution >= 4 is 40.0 Å². The molecule has 0 atom stereocenters. The third kappa shape index (κ3) is 2.94. The van der Waals surface area contributed by atoms with E-state index in [4.69, 9.17) is 3.76 Å². The fraction of sp³-hybridized carbons (Fsp3) is 1.00. The zero-order chi connectivity index (χ0) is 13.4. The van der Waals surface area contributed by atoms with E-state index in [1.54, 1.807) is 0 Å². The molecule has 0 aromatic rings. The van der Waals surface area contributed by atoms with Gasteiger partial charge in [-0.05, 0) is 0 Å². The summed E-state index contributed by atoms with van der Waals surface area (Å²) in [4.78, 5) is 0. The Labute approximate surface area is 113 Å². The molecule has 0 saturated carbocycles. The van der Waals surface area contributed by atoms with Crippen molar-refractivity contribution in [2.45, 2.75) is 62.0 Å². The summed E-state index contributed by atoms with van der Waals surface area (Å²) >= 11 is -0.259. The van der Waals surface area contributed by atoms with Gasteiger partial charge in [-0.1, -0.05) is 0 Å². The normalized spacial score (nSPS) is 15.4. The Kier molecular flexibility index (Phi) is 5.39. The van der Waals surface area contributed by atoms with Crippen LogP contribution in [0.15, 0.2) is 0 Å². The molecule has 0 saturated heterocycles. The molecule has 0 aliphatic carbocycles. The molecule has 0 unspecified atom stereocenters. The van der Waals surface area contributed by atoms with Crippen LogP contribution in [0.3, 0.4) is 0 Å². The molecule has 0 aliphatic rings. The van der Waals surface area contributed by atoms with Gasteiger partial charge < -0.3 is 0 Å². The number of hydrogen-bond donors (Lipinski definition) is 0. The number of rotatable bonds is 5. The maximum absolute atomic E-state index is 5.82. The first-order valence-electron chi connectivity index (χ1n) is 6.11. The zero-order valence-electron chi connectivity index (χ0n) is 12.9. The van der Waals surface area contributed by atoms with Crippen LogP contribution in [0, 0.1) is 0 Å². The van der Waals surface area contributed by atoms with Crippen molar-refractivity contribution in [3.63, 3.8) is 0 Å². The molecule has 0 N–H and O–H groups in total. The molecular weight excluding hydrogens is 305 g/mol. The van der Waals surface area contributed by atoms with Crippen LogP contribution in [-0.4, -0.2) is 47.1 Å². The van der Waals surface area contributed by atoms with Crippen LogP contribution in [0.1, 0.15) is 0 Å². The summed E-state index contributed by atoms with van der Waals surface area (Å²) < 4.78 is 6.50. The van der Waals surface area contributed by atoms with Crippen molar-refractivity contribution < 1.29 is 3.76 Å². The second kappa shape index (κ2) is 5.03. The fourth-order valence-corrected chi connectivity index (χ4v) is 39.9. The Hall–Kier alpha value is 1.15. The predicted molar refractivity (Wildman–Crippen MR) is 85.5 cm³/mol. The molecule has 0 fully saturated rings. The molecule has 1 nitrogen and oxygen atoms in total. The van der Waals surface area contributed by atoms with E-state index in [-0.39, 0.29) is 15.8 Å². The topological polar surface area (TPSA) is 9.23 Å². The quantitative estimate of drug-likeness (QED) is 0.689. The van der Waals surface area contributed by atoms with Gasteiger partial charge >= 0.3 is 113 Å². The zero-order valence-corrected chi connectivity index (χ0v) is 18.0. The van der Waals surface area contributed by atoms with Gasteiger partial charge in [0.1, 0.15) is 0 Å². The van der Waals surface area contributed by atoms with E-state index >= 15 is 0 Å². The first-order valence-corrected chi connectivity index (χ1v) is 18.5. The maximum atomic E-state index is 5.82. The molecule has 0 aromatic heterocycles. The van der Waals surface area contributed by atoms with Crippen molar-refractivity contribution in [2.75, 3.05) is 7.11 Å². The Bertz CT molecular complexity index is 199. The molecule has 0 bridgehead atoms. The van der Waals surface area contributed by atoms with E-state index < -0.39 is 24.2 Å². The number of hydrogen-bond acceptors (Lipinski definition) is 1. The molecule has 5 heteroatoms. The molecule has 0 rings (SSSR count). The third-order valence-electron chi connectivity index (χ3n) is 3.63. The fourth-order valence-electron chi connectivity index (χ4n) is 3.99. The van der Waals surface area contributed by atoms with Crippen LogP contribution in [0.5, 0.6) is 0 Å². The van der Waals surface area contributed by atoms with Gasteiger partial charge in [0.15, 0.2) is 0 Å². The van der Waals surface area contributed by atoms with Gasteiger partial charge in [0.2, 0.25) is 0 Å². The van der Waals surface area contributed by atoms with Gasteiger partial charge in [-0.25, -0.2) is 0 Å². The monoisotopic (exact) mass is 336 g/mol. The second-order valence-corrected chi connectivity index (χ2v) is 31.1. The van der Waals surface area contributed by atoms with Crippen molar-refractivity contribution in [1.29, 1.82) is 0 Å². The van der Waals surface area contributed by atoms with Crippen LogP contribution >= 0.6 is 0 Å². The molecule has 0 aliphatic heterocycles. The van der Waals surface area contributed by atoms with Crippen molar-refractivity contribution in [3.05, 3.63) is 0 Å². The average Bonchev–Trinajstić information content (AvgIpc) is 1.91. The van der Waals surface area contributed by atoms with E-state index in [1.807, 2.05) is 7.11 Å². The van der Waals surface area contributed by atoms with E-state index in [0.29, 0.717) is 3.12 Å². The molecular formula is C11H30GeOSi3. The summed E-state index contributed by atoms with van der Waals surface area (Å²) in [6.07, 6.45) is 0. The molecule has 16 heavy (non-hydrogen) atoms. The van der Waals surface area contributed by atoms with E-state index in [0.717, 1.165) is 0 Å². The summed E-state index contributed by atoms with van der Waals surface area (Å²) in [5, 5.41) is 0. The predicted octanol–water partition coefficient (Wildman–Crippen LogP) is 4.04. The Morgan fingerprint density at radius 2 is 0.938 bits per heavy atom. The van der Waals surface area contributed by atoms with Crippen LogP contribution in [0.4, 0.5) is 0 Å². The summed E-state index contributed by atoms with van der Waals surface area (Å²) in [7, 11) is -1.58. The molecule has 0 heterocycles. The van der Waals surface area contributed by atoms with Gasteiger partial charge in [0, 0.05) is 0 Å². The minimum absolute atomic E-state index is 0.259. The van der Waals surface area contributed by atoms with Gasteiger partial charge in [-0.2, -0.15) is 0 Å². The van der Waals surface area contributed by atoms with Gasteiger partial charge in [-0.15, -0.1) is 0 Å². The SMILES string of the molecule is C[O][Ge][C]([Si](C)(C)C)([Si](C)(C)C)[Si](C)(C)C. The third-order valence-corrected chi connectivity index (χ3v) is 40.7. The summed E-state index contributed by atoms with van der Waals surface area (Å²) in [6.45, 7) is 23.2. The standard InChI is InChI=1S/C11H30GeOSi3/c1-13-12-11(14(2,3)4,15(5,6)7)16(8,9)10/h1-10H3. The summed E-state index contributed by atoms with van der Waals surface area (Å²) in [5.74, 6) is 0. The summed E-state index contributed by atoms with van der Waals surface area (Å²) in [5.41, 5.74) is 0.